The molecule has 0 bridgehead atoms. The molecule has 0 radical (unpaired) electrons. The number of pyridine rings is 1. The van der Waals surface area contributed by atoms with E-state index in [2.05, 4.69) is 15.6 Å². The molecule has 3 aromatic rings. The summed E-state index contributed by atoms with van der Waals surface area (Å²) in [7, 11) is 6.40. The Bertz CT molecular complexity index is 1090. The Morgan fingerprint density at radius 1 is 0.694 bits per heavy atom. The van der Waals surface area contributed by atoms with Crippen molar-refractivity contribution in [2.24, 2.45) is 0 Å². The molecule has 1 aromatic heterocycles. The molecule has 0 aliphatic carbocycles. The fourth-order valence-electron chi connectivity index (χ4n) is 3.63. The third-order valence-electron chi connectivity index (χ3n) is 5.59. The highest BCUT2D eigenvalue weighted by Crippen LogP contribution is 2.25. The lowest BCUT2D eigenvalue weighted by atomic mass is 10.1. The second kappa shape index (κ2) is 13.0. The van der Waals surface area contributed by atoms with Crippen molar-refractivity contribution in [3.8, 4) is 23.0 Å². The molecule has 0 aliphatic heterocycles. The van der Waals surface area contributed by atoms with Crippen molar-refractivity contribution in [3.05, 3.63) is 77.1 Å². The Morgan fingerprint density at radius 3 is 1.67 bits per heavy atom. The van der Waals surface area contributed by atoms with Crippen LogP contribution in [0, 0.1) is 0 Å². The van der Waals surface area contributed by atoms with E-state index in [-0.39, 0.29) is 17.5 Å². The number of aromatic nitrogens is 1. The average Bonchev–Trinajstić information content (AvgIpc) is 2.92. The third-order valence-corrected chi connectivity index (χ3v) is 5.59. The predicted octanol–water partition coefficient (Wildman–Crippen LogP) is 3.06. The van der Waals surface area contributed by atoms with E-state index in [1.54, 1.807) is 34.5 Å². The molecule has 2 N–H and O–H groups in total. The first kappa shape index (κ1) is 26.3. The second-order valence-electron chi connectivity index (χ2n) is 7.80. The van der Waals surface area contributed by atoms with Gasteiger partial charge in [-0.3, -0.25) is 14.6 Å². The summed E-state index contributed by atoms with van der Waals surface area (Å²) in [5, 5.41) is 5.70. The van der Waals surface area contributed by atoms with Crippen LogP contribution in [0.2, 0.25) is 0 Å². The van der Waals surface area contributed by atoms with Crippen molar-refractivity contribution in [1.82, 2.24) is 15.6 Å². The van der Waals surface area contributed by atoms with Crippen LogP contribution in [0.1, 0.15) is 32.0 Å². The maximum absolute atomic E-state index is 12.5. The van der Waals surface area contributed by atoms with Gasteiger partial charge in [0.1, 0.15) is 28.7 Å². The van der Waals surface area contributed by atoms with E-state index in [0.717, 1.165) is 34.1 Å². The predicted molar refractivity (Wildman–Crippen MR) is 135 cm³/mol. The molecule has 3 rings (SSSR count). The molecule has 9 nitrogen and oxygen atoms in total. The minimum Gasteiger partial charge on any atom is -0.497 e. The second-order valence-corrected chi connectivity index (χ2v) is 7.80. The number of ether oxygens (including phenoxy) is 4. The maximum Gasteiger partial charge on any atom is 0.269 e. The number of rotatable bonds is 12. The Morgan fingerprint density at radius 2 is 1.22 bits per heavy atom. The van der Waals surface area contributed by atoms with Gasteiger partial charge >= 0.3 is 0 Å². The van der Waals surface area contributed by atoms with Gasteiger partial charge in [-0.25, -0.2) is 0 Å². The number of amides is 2. The quantitative estimate of drug-likeness (QED) is 0.399. The number of nitrogens with zero attached hydrogens (tertiary/aromatic N) is 1. The summed E-state index contributed by atoms with van der Waals surface area (Å²) in [5.41, 5.74) is 2.44. The van der Waals surface area contributed by atoms with Crippen LogP contribution in [-0.2, 0) is 12.8 Å². The summed E-state index contributed by atoms with van der Waals surface area (Å²) in [6, 6.07) is 14.2. The smallest absolute Gasteiger partial charge is 0.269 e. The number of hydrogen-bond acceptors (Lipinski definition) is 7. The van der Waals surface area contributed by atoms with Gasteiger partial charge in [-0.2, -0.15) is 0 Å². The molecule has 2 amide bonds. The van der Waals surface area contributed by atoms with Crippen LogP contribution in [0.3, 0.4) is 0 Å². The first-order chi connectivity index (χ1) is 17.5. The van der Waals surface area contributed by atoms with Gasteiger partial charge in [0.15, 0.2) is 0 Å². The standard InChI is InChI=1S/C27H31N3O6/c1-33-21-6-9-24(35-3)18(15-21)11-13-28-26(31)20-5-8-23(30-17-20)27(32)29-14-12-19-16-22(34-2)7-10-25(19)36-4/h5-10,15-17H,11-14H2,1-4H3,(H,28,31)(H,29,32). The Kier molecular flexibility index (Phi) is 9.50. The van der Waals surface area contributed by atoms with Gasteiger partial charge in [-0.05, 0) is 72.5 Å². The lowest BCUT2D eigenvalue weighted by molar-refractivity contribution is 0.0938. The van der Waals surface area contributed by atoms with Gasteiger partial charge in [0, 0.05) is 19.3 Å². The Labute approximate surface area is 210 Å². The van der Waals surface area contributed by atoms with Crippen molar-refractivity contribution < 1.29 is 28.5 Å². The van der Waals surface area contributed by atoms with Crippen LogP contribution in [0.5, 0.6) is 23.0 Å². The molecule has 36 heavy (non-hydrogen) atoms. The maximum atomic E-state index is 12.5. The highest BCUT2D eigenvalue weighted by Gasteiger charge is 2.12. The fourth-order valence-corrected chi connectivity index (χ4v) is 3.63. The van der Waals surface area contributed by atoms with E-state index in [0.29, 0.717) is 31.5 Å². The SMILES string of the molecule is COc1ccc(OC)c(CCNC(=O)c2ccc(C(=O)NCCc3cc(OC)ccc3OC)nc2)c1. The zero-order chi connectivity index (χ0) is 25.9. The van der Waals surface area contributed by atoms with Gasteiger partial charge in [0.05, 0.1) is 34.0 Å². The summed E-state index contributed by atoms with van der Waals surface area (Å²) >= 11 is 0. The van der Waals surface area contributed by atoms with Crippen LogP contribution < -0.4 is 29.6 Å². The van der Waals surface area contributed by atoms with E-state index in [1.165, 1.54) is 12.3 Å². The molecule has 0 fully saturated rings. The van der Waals surface area contributed by atoms with Crippen molar-refractivity contribution in [1.29, 1.82) is 0 Å². The van der Waals surface area contributed by atoms with Crippen molar-refractivity contribution in [2.45, 2.75) is 12.8 Å². The molecule has 0 atom stereocenters. The zero-order valence-corrected chi connectivity index (χ0v) is 20.9. The molecule has 1 heterocycles. The van der Waals surface area contributed by atoms with Gasteiger partial charge in [-0.1, -0.05) is 0 Å². The number of carbonyl (C=O) groups excluding carboxylic acids is 2. The van der Waals surface area contributed by atoms with Gasteiger partial charge < -0.3 is 29.6 Å². The average molecular weight is 494 g/mol. The molecule has 0 unspecified atom stereocenters. The van der Waals surface area contributed by atoms with Crippen LogP contribution in [-0.4, -0.2) is 58.3 Å². The highest BCUT2D eigenvalue weighted by molar-refractivity contribution is 5.96. The van der Waals surface area contributed by atoms with Crippen LogP contribution in [0.25, 0.3) is 0 Å². The van der Waals surface area contributed by atoms with E-state index in [9.17, 15) is 9.59 Å². The number of benzene rings is 2. The summed E-state index contributed by atoms with van der Waals surface area (Å²) < 4.78 is 21.2. The molecular weight excluding hydrogens is 462 g/mol. The van der Waals surface area contributed by atoms with Gasteiger partial charge in [0.2, 0.25) is 0 Å². The molecule has 0 saturated carbocycles. The molecule has 0 aliphatic rings. The largest absolute Gasteiger partial charge is 0.497 e. The lowest BCUT2D eigenvalue weighted by Gasteiger charge is -2.11. The molecule has 2 aromatic carbocycles. The van der Waals surface area contributed by atoms with Crippen LogP contribution >= 0.6 is 0 Å². The summed E-state index contributed by atoms with van der Waals surface area (Å²) in [6.07, 6.45) is 2.52. The molecule has 9 heteroatoms. The molecule has 0 saturated heterocycles. The minimum absolute atomic E-state index is 0.227. The van der Waals surface area contributed by atoms with E-state index >= 15 is 0 Å². The number of hydrogen-bond donors (Lipinski definition) is 2. The van der Waals surface area contributed by atoms with Crippen molar-refractivity contribution in [2.75, 3.05) is 41.5 Å². The van der Waals surface area contributed by atoms with E-state index in [1.807, 2.05) is 36.4 Å². The van der Waals surface area contributed by atoms with E-state index in [4.69, 9.17) is 18.9 Å². The van der Waals surface area contributed by atoms with Crippen molar-refractivity contribution >= 4 is 11.8 Å². The topological polar surface area (TPSA) is 108 Å². The lowest BCUT2D eigenvalue weighted by Crippen LogP contribution is -2.28. The normalized spacial score (nSPS) is 10.3. The summed E-state index contributed by atoms with van der Waals surface area (Å²) in [6.45, 7) is 0.790. The van der Waals surface area contributed by atoms with Crippen molar-refractivity contribution in [3.63, 3.8) is 0 Å². The minimum atomic E-state index is -0.325. The monoisotopic (exact) mass is 493 g/mol. The van der Waals surface area contributed by atoms with Crippen LogP contribution in [0.4, 0.5) is 0 Å². The van der Waals surface area contributed by atoms with Gasteiger partial charge in [0.25, 0.3) is 11.8 Å². The van der Waals surface area contributed by atoms with Crippen LogP contribution in [0.15, 0.2) is 54.7 Å². The summed E-state index contributed by atoms with van der Waals surface area (Å²) in [5.74, 6) is 2.29. The number of nitrogens with one attached hydrogen (secondary N) is 2. The zero-order valence-electron chi connectivity index (χ0n) is 20.9. The Balaban J connectivity index is 1.50. The van der Waals surface area contributed by atoms with E-state index < -0.39 is 0 Å². The number of methoxy groups -OCH3 is 4. The first-order valence-electron chi connectivity index (χ1n) is 11.4. The fraction of sp³-hybridized carbons (Fsp3) is 0.296. The number of carbonyl (C=O) groups is 2. The third kappa shape index (κ3) is 6.88. The summed E-state index contributed by atoms with van der Waals surface area (Å²) in [4.78, 5) is 29.1. The molecule has 0 spiro atoms. The Hall–Kier alpha value is -4.27. The highest BCUT2D eigenvalue weighted by atomic mass is 16.5. The molecular formula is C27H31N3O6. The molecule has 190 valence electrons. The van der Waals surface area contributed by atoms with Gasteiger partial charge in [-0.15, -0.1) is 0 Å². The first-order valence-corrected chi connectivity index (χ1v) is 11.4.